The molecule has 0 aliphatic rings. The Hall–Kier alpha value is -1.26. The lowest BCUT2D eigenvalue weighted by Gasteiger charge is -2.20. The molecular weight excluding hydrogens is 254 g/mol. The van der Waals surface area contributed by atoms with E-state index >= 15 is 0 Å². The highest BCUT2D eigenvalue weighted by Gasteiger charge is 2.19. The van der Waals surface area contributed by atoms with Crippen LogP contribution in [0.5, 0.6) is 5.75 Å². The lowest BCUT2D eigenvalue weighted by atomic mass is 9.95. The largest absolute Gasteiger partial charge is 0.495 e. The smallest absolute Gasteiger partial charge is 0.303 e. The Morgan fingerprint density at radius 1 is 1.50 bits per heavy atom. The van der Waals surface area contributed by atoms with Gasteiger partial charge in [-0.15, -0.1) is 0 Å². The summed E-state index contributed by atoms with van der Waals surface area (Å²) in [5.74, 6) is -0.313. The van der Waals surface area contributed by atoms with Gasteiger partial charge in [-0.2, -0.15) is 0 Å². The first-order valence-electron chi connectivity index (χ1n) is 5.69. The van der Waals surface area contributed by atoms with E-state index in [1.807, 2.05) is 19.9 Å². The van der Waals surface area contributed by atoms with Gasteiger partial charge in [0.2, 0.25) is 0 Å². The third-order valence-corrected chi connectivity index (χ3v) is 3.36. The molecule has 0 spiro atoms. The number of carbonyl (C=O) groups is 1. The number of ether oxygens (including phenoxy) is 1. The van der Waals surface area contributed by atoms with E-state index in [-0.39, 0.29) is 6.42 Å². The van der Waals surface area contributed by atoms with Crippen LogP contribution in [0.2, 0.25) is 5.02 Å². The number of carboxylic acids is 1. The van der Waals surface area contributed by atoms with E-state index in [0.29, 0.717) is 17.2 Å². The number of rotatable bonds is 5. The second kappa shape index (κ2) is 6.07. The Morgan fingerprint density at radius 2 is 2.11 bits per heavy atom. The number of hydrogen-bond donors (Lipinski definition) is 2. The van der Waals surface area contributed by atoms with Crippen LogP contribution >= 0.6 is 11.6 Å². The second-order valence-corrected chi connectivity index (χ2v) is 4.69. The van der Waals surface area contributed by atoms with Gasteiger partial charge in [0.05, 0.1) is 12.1 Å². The number of benzene rings is 1. The fourth-order valence-corrected chi connectivity index (χ4v) is 2.26. The molecule has 0 aromatic heterocycles. The van der Waals surface area contributed by atoms with Crippen molar-refractivity contribution >= 4 is 17.6 Å². The Labute approximate surface area is 112 Å². The monoisotopic (exact) mass is 271 g/mol. The zero-order valence-corrected chi connectivity index (χ0v) is 11.5. The van der Waals surface area contributed by atoms with E-state index < -0.39 is 12.0 Å². The fourth-order valence-electron chi connectivity index (χ4n) is 2.03. The van der Waals surface area contributed by atoms with Crippen LogP contribution < -0.4 is 10.5 Å². The molecule has 18 heavy (non-hydrogen) atoms. The maximum absolute atomic E-state index is 10.6. The van der Waals surface area contributed by atoms with Crippen LogP contribution in [0.25, 0.3) is 0 Å². The third kappa shape index (κ3) is 3.15. The Morgan fingerprint density at radius 3 is 2.61 bits per heavy atom. The molecule has 1 unspecified atom stereocenters. The molecule has 0 heterocycles. The molecule has 1 atom stereocenters. The quantitative estimate of drug-likeness (QED) is 0.864. The van der Waals surface area contributed by atoms with Crippen molar-refractivity contribution in [3.05, 3.63) is 27.8 Å². The first kappa shape index (κ1) is 14.8. The Kier molecular flexibility index (Phi) is 4.99. The first-order chi connectivity index (χ1) is 8.38. The van der Waals surface area contributed by atoms with Crippen molar-refractivity contribution in [3.8, 4) is 5.75 Å². The number of aliphatic carboxylic acids is 1. The summed E-state index contributed by atoms with van der Waals surface area (Å²) in [5.41, 5.74) is 8.71. The molecule has 1 aromatic rings. The van der Waals surface area contributed by atoms with E-state index in [4.69, 9.17) is 27.2 Å². The summed E-state index contributed by atoms with van der Waals surface area (Å²) in [6, 6.07) is 1.54. The highest BCUT2D eigenvalue weighted by atomic mass is 35.5. The topological polar surface area (TPSA) is 72.5 Å². The summed E-state index contributed by atoms with van der Waals surface area (Å²) in [6.07, 6.45) is 0.376. The number of carboxylic acid groups (broad SMARTS) is 1. The zero-order chi connectivity index (χ0) is 13.9. The fraction of sp³-hybridized carbons (Fsp3) is 0.462. The maximum atomic E-state index is 10.6. The molecule has 0 fully saturated rings. The minimum absolute atomic E-state index is 0.0231. The van der Waals surface area contributed by atoms with Crippen LogP contribution in [0.3, 0.4) is 0 Å². The molecule has 3 N–H and O–H groups in total. The molecule has 5 heteroatoms. The second-order valence-electron chi connectivity index (χ2n) is 4.31. The van der Waals surface area contributed by atoms with Gasteiger partial charge in [-0.1, -0.05) is 17.7 Å². The van der Waals surface area contributed by atoms with Crippen LogP contribution in [0.15, 0.2) is 6.07 Å². The predicted octanol–water partition coefficient (Wildman–Crippen LogP) is 2.83. The highest BCUT2D eigenvalue weighted by Crippen LogP contribution is 2.38. The molecule has 100 valence electrons. The molecular formula is C13H18ClNO3. The van der Waals surface area contributed by atoms with Gasteiger partial charge >= 0.3 is 5.97 Å². The molecule has 0 radical (unpaired) electrons. The van der Waals surface area contributed by atoms with Gasteiger partial charge < -0.3 is 15.6 Å². The first-order valence-corrected chi connectivity index (χ1v) is 6.07. The van der Waals surface area contributed by atoms with Crippen LogP contribution in [0, 0.1) is 13.8 Å². The van der Waals surface area contributed by atoms with E-state index in [1.165, 1.54) is 7.11 Å². The summed E-state index contributed by atoms with van der Waals surface area (Å²) in [4.78, 5) is 10.6. The van der Waals surface area contributed by atoms with Crippen molar-refractivity contribution in [3.63, 3.8) is 0 Å². The normalized spacial score (nSPS) is 12.3. The molecule has 0 aliphatic heterocycles. The van der Waals surface area contributed by atoms with Gasteiger partial charge in [0.1, 0.15) is 5.75 Å². The third-order valence-electron chi connectivity index (χ3n) is 2.89. The van der Waals surface area contributed by atoms with E-state index in [2.05, 4.69) is 0 Å². The number of hydrogen-bond acceptors (Lipinski definition) is 3. The molecule has 4 nitrogen and oxygen atoms in total. The standard InChI is InChI=1S/C13H18ClNO3/c1-7-6-8(2)12(14)13(18-3)11(7)9(15)4-5-10(16)17/h6,9H,4-5,15H2,1-3H3,(H,16,17). The maximum Gasteiger partial charge on any atom is 0.303 e. The van der Waals surface area contributed by atoms with E-state index in [0.717, 1.165) is 16.7 Å². The highest BCUT2D eigenvalue weighted by molar-refractivity contribution is 6.33. The van der Waals surface area contributed by atoms with Crippen molar-refractivity contribution < 1.29 is 14.6 Å². The lowest BCUT2D eigenvalue weighted by molar-refractivity contribution is -0.137. The number of halogens is 1. The van der Waals surface area contributed by atoms with E-state index in [1.54, 1.807) is 0 Å². The van der Waals surface area contributed by atoms with Gasteiger partial charge in [-0.25, -0.2) is 0 Å². The number of aryl methyl sites for hydroxylation is 2. The van der Waals surface area contributed by atoms with Crippen molar-refractivity contribution in [1.29, 1.82) is 0 Å². The van der Waals surface area contributed by atoms with Gasteiger partial charge in [-0.05, 0) is 31.4 Å². The SMILES string of the molecule is COc1c(Cl)c(C)cc(C)c1C(N)CCC(=O)O. The summed E-state index contributed by atoms with van der Waals surface area (Å²) in [7, 11) is 1.54. The van der Waals surface area contributed by atoms with Crippen molar-refractivity contribution in [1.82, 2.24) is 0 Å². The van der Waals surface area contributed by atoms with Gasteiger partial charge in [-0.3, -0.25) is 4.79 Å². The molecule has 0 saturated carbocycles. The molecule has 0 bridgehead atoms. The summed E-state index contributed by atoms with van der Waals surface area (Å²) in [5, 5.41) is 9.22. The van der Waals surface area contributed by atoms with Crippen LogP contribution in [-0.2, 0) is 4.79 Å². The summed E-state index contributed by atoms with van der Waals surface area (Å²) in [6.45, 7) is 3.81. The molecule has 1 aromatic carbocycles. The van der Waals surface area contributed by atoms with Gasteiger partial charge in [0.15, 0.2) is 0 Å². The minimum atomic E-state index is -0.861. The average molecular weight is 272 g/mol. The summed E-state index contributed by atoms with van der Waals surface area (Å²) >= 11 is 6.18. The predicted molar refractivity (Wildman–Crippen MR) is 71.3 cm³/mol. The zero-order valence-electron chi connectivity index (χ0n) is 10.8. The molecule has 0 aliphatic carbocycles. The molecule has 1 rings (SSSR count). The Bertz CT molecular complexity index is 460. The van der Waals surface area contributed by atoms with Gasteiger partial charge in [0, 0.05) is 18.0 Å². The van der Waals surface area contributed by atoms with E-state index in [9.17, 15) is 4.79 Å². The van der Waals surface area contributed by atoms with Crippen LogP contribution in [0.4, 0.5) is 0 Å². The van der Waals surface area contributed by atoms with Crippen LogP contribution in [0.1, 0.15) is 35.6 Å². The minimum Gasteiger partial charge on any atom is -0.495 e. The van der Waals surface area contributed by atoms with Crippen molar-refractivity contribution in [2.75, 3.05) is 7.11 Å². The van der Waals surface area contributed by atoms with Crippen molar-refractivity contribution in [2.24, 2.45) is 5.73 Å². The van der Waals surface area contributed by atoms with Crippen molar-refractivity contribution in [2.45, 2.75) is 32.7 Å². The van der Waals surface area contributed by atoms with Gasteiger partial charge in [0.25, 0.3) is 0 Å². The molecule has 0 saturated heterocycles. The summed E-state index contributed by atoms with van der Waals surface area (Å²) < 4.78 is 5.31. The number of methoxy groups -OCH3 is 1. The van der Waals surface area contributed by atoms with Crippen LogP contribution in [-0.4, -0.2) is 18.2 Å². The molecule has 0 amide bonds. The Balaban J connectivity index is 3.14. The average Bonchev–Trinajstić information content (AvgIpc) is 2.30. The lowest BCUT2D eigenvalue weighted by Crippen LogP contribution is -2.15. The number of nitrogens with two attached hydrogens (primary N) is 1.